The van der Waals surface area contributed by atoms with E-state index in [4.69, 9.17) is 0 Å². The molecule has 0 aliphatic heterocycles. The summed E-state index contributed by atoms with van der Waals surface area (Å²) in [5.74, 6) is 0. The van der Waals surface area contributed by atoms with E-state index in [0.29, 0.717) is 6.54 Å². The molecule has 0 radical (unpaired) electrons. The van der Waals surface area contributed by atoms with Gasteiger partial charge in [-0.25, -0.2) is 4.79 Å². The Morgan fingerprint density at radius 2 is 1.32 bits per heavy atom. The van der Waals surface area contributed by atoms with E-state index in [1.165, 1.54) is 16.7 Å². The first-order valence-corrected chi connectivity index (χ1v) is 7.93. The number of benzene rings is 2. The van der Waals surface area contributed by atoms with Crippen LogP contribution in [0.3, 0.4) is 0 Å². The van der Waals surface area contributed by atoms with Crippen molar-refractivity contribution in [2.24, 2.45) is 0 Å². The molecule has 0 aromatic heterocycles. The van der Waals surface area contributed by atoms with E-state index >= 15 is 0 Å². The van der Waals surface area contributed by atoms with Crippen molar-refractivity contribution in [3.63, 3.8) is 0 Å². The average molecular weight is 296 g/mol. The van der Waals surface area contributed by atoms with E-state index in [1.54, 1.807) is 0 Å². The number of hydrogen-bond acceptors (Lipinski definition) is 1. The van der Waals surface area contributed by atoms with Crippen molar-refractivity contribution in [2.45, 2.75) is 33.1 Å². The highest BCUT2D eigenvalue weighted by Gasteiger charge is 2.01. The van der Waals surface area contributed by atoms with E-state index in [0.717, 1.165) is 24.9 Å². The van der Waals surface area contributed by atoms with Gasteiger partial charge in [0.25, 0.3) is 0 Å². The van der Waals surface area contributed by atoms with Crippen molar-refractivity contribution in [2.75, 3.05) is 11.9 Å². The van der Waals surface area contributed by atoms with Crippen molar-refractivity contribution in [1.82, 2.24) is 5.32 Å². The predicted octanol–water partition coefficient (Wildman–Crippen LogP) is 4.18. The lowest BCUT2D eigenvalue weighted by atomic mass is 10.1. The van der Waals surface area contributed by atoms with Crippen LogP contribution in [0, 0.1) is 0 Å². The number of anilines is 1. The van der Waals surface area contributed by atoms with Gasteiger partial charge < -0.3 is 10.6 Å². The summed E-state index contributed by atoms with van der Waals surface area (Å²) < 4.78 is 0. The summed E-state index contributed by atoms with van der Waals surface area (Å²) >= 11 is 0. The minimum absolute atomic E-state index is 0.158. The number of carbonyl (C=O) groups excluding carboxylic acids is 1. The Morgan fingerprint density at radius 3 is 1.86 bits per heavy atom. The van der Waals surface area contributed by atoms with Gasteiger partial charge in [0.2, 0.25) is 0 Å². The van der Waals surface area contributed by atoms with Crippen LogP contribution in [0.15, 0.2) is 48.5 Å². The molecule has 0 aliphatic rings. The Kier molecular flexibility index (Phi) is 6.01. The van der Waals surface area contributed by atoms with Crippen molar-refractivity contribution in [1.29, 1.82) is 0 Å². The van der Waals surface area contributed by atoms with Crippen molar-refractivity contribution in [3.8, 4) is 0 Å². The minimum atomic E-state index is -0.158. The van der Waals surface area contributed by atoms with Crippen LogP contribution >= 0.6 is 0 Å². The molecule has 0 bridgehead atoms. The van der Waals surface area contributed by atoms with Gasteiger partial charge in [-0.1, -0.05) is 50.2 Å². The van der Waals surface area contributed by atoms with Crippen molar-refractivity contribution in [3.05, 3.63) is 65.2 Å². The first-order chi connectivity index (χ1) is 10.7. The maximum atomic E-state index is 11.8. The fourth-order valence-corrected chi connectivity index (χ4v) is 2.26. The van der Waals surface area contributed by atoms with Crippen LogP contribution in [-0.4, -0.2) is 12.6 Å². The van der Waals surface area contributed by atoms with Gasteiger partial charge in [-0.3, -0.25) is 0 Å². The zero-order chi connectivity index (χ0) is 15.8. The second-order valence-corrected chi connectivity index (χ2v) is 5.35. The van der Waals surface area contributed by atoms with Crippen LogP contribution in [0.1, 0.15) is 30.5 Å². The quantitative estimate of drug-likeness (QED) is 0.825. The molecule has 116 valence electrons. The van der Waals surface area contributed by atoms with Gasteiger partial charge >= 0.3 is 6.03 Å². The van der Waals surface area contributed by atoms with Gasteiger partial charge in [-0.2, -0.15) is 0 Å². The van der Waals surface area contributed by atoms with E-state index in [1.807, 2.05) is 24.3 Å². The van der Waals surface area contributed by atoms with Gasteiger partial charge in [-0.15, -0.1) is 0 Å². The van der Waals surface area contributed by atoms with Crippen LogP contribution in [0.4, 0.5) is 10.5 Å². The predicted molar refractivity (Wildman–Crippen MR) is 92.4 cm³/mol. The Bertz CT molecular complexity index is 588. The van der Waals surface area contributed by atoms with Gasteiger partial charge in [0.1, 0.15) is 0 Å². The minimum Gasteiger partial charge on any atom is -0.338 e. The molecule has 3 heteroatoms. The molecule has 0 heterocycles. The molecule has 2 aromatic rings. The van der Waals surface area contributed by atoms with Crippen LogP contribution in [-0.2, 0) is 19.3 Å². The van der Waals surface area contributed by atoms with Gasteiger partial charge in [0, 0.05) is 12.2 Å². The zero-order valence-corrected chi connectivity index (χ0v) is 13.4. The lowest BCUT2D eigenvalue weighted by Crippen LogP contribution is -2.30. The fraction of sp³-hybridized carbons (Fsp3) is 0.316. The normalized spacial score (nSPS) is 10.3. The highest BCUT2D eigenvalue weighted by molar-refractivity contribution is 5.89. The number of hydrogen-bond donors (Lipinski definition) is 2. The Labute approximate surface area is 132 Å². The molecule has 2 rings (SSSR count). The molecule has 0 saturated heterocycles. The monoisotopic (exact) mass is 296 g/mol. The van der Waals surface area contributed by atoms with E-state index < -0.39 is 0 Å². The number of carbonyl (C=O) groups is 1. The summed E-state index contributed by atoms with van der Waals surface area (Å²) in [7, 11) is 0. The van der Waals surface area contributed by atoms with Gasteiger partial charge in [-0.05, 0) is 48.1 Å². The molecule has 0 saturated carbocycles. The van der Waals surface area contributed by atoms with Crippen LogP contribution in [0.25, 0.3) is 0 Å². The number of aryl methyl sites for hydroxylation is 2. The van der Waals surface area contributed by atoms with E-state index in [9.17, 15) is 4.79 Å². The lowest BCUT2D eigenvalue weighted by molar-refractivity contribution is 0.252. The molecule has 0 aliphatic carbocycles. The fourth-order valence-electron chi connectivity index (χ4n) is 2.26. The number of nitrogens with one attached hydrogen (secondary N) is 2. The maximum Gasteiger partial charge on any atom is 0.319 e. The molecular weight excluding hydrogens is 272 g/mol. The molecule has 2 aromatic carbocycles. The molecular formula is C19H24N2O. The van der Waals surface area contributed by atoms with Gasteiger partial charge in [0.05, 0.1) is 0 Å². The third-order valence-corrected chi connectivity index (χ3v) is 3.75. The summed E-state index contributed by atoms with van der Waals surface area (Å²) in [4.78, 5) is 11.8. The summed E-state index contributed by atoms with van der Waals surface area (Å²) in [6.07, 6.45) is 2.90. The SMILES string of the molecule is CCc1ccc(CCNC(=O)Nc2ccc(CC)cc2)cc1. The van der Waals surface area contributed by atoms with Crippen molar-refractivity contribution < 1.29 is 4.79 Å². The van der Waals surface area contributed by atoms with E-state index in [-0.39, 0.29) is 6.03 Å². The second-order valence-electron chi connectivity index (χ2n) is 5.35. The molecule has 0 unspecified atom stereocenters. The van der Waals surface area contributed by atoms with Crippen LogP contribution in [0.5, 0.6) is 0 Å². The number of rotatable bonds is 6. The summed E-state index contributed by atoms with van der Waals surface area (Å²) in [5.41, 5.74) is 4.67. The summed E-state index contributed by atoms with van der Waals surface area (Å²) in [5, 5.41) is 5.73. The molecule has 0 atom stereocenters. The Balaban J connectivity index is 1.74. The molecule has 2 N–H and O–H groups in total. The first-order valence-electron chi connectivity index (χ1n) is 7.93. The highest BCUT2D eigenvalue weighted by atomic mass is 16.2. The lowest BCUT2D eigenvalue weighted by Gasteiger charge is -2.08. The standard InChI is InChI=1S/C19H24N2O/c1-3-15-5-7-17(8-6-15)13-14-20-19(22)21-18-11-9-16(4-2)10-12-18/h5-12H,3-4,13-14H2,1-2H3,(H2,20,21,22). The molecule has 22 heavy (non-hydrogen) atoms. The molecule has 3 nitrogen and oxygen atoms in total. The third kappa shape index (κ3) is 4.92. The summed E-state index contributed by atoms with van der Waals surface area (Å²) in [6.45, 7) is 4.89. The maximum absolute atomic E-state index is 11.8. The Hall–Kier alpha value is -2.29. The first kappa shape index (κ1) is 16.1. The van der Waals surface area contributed by atoms with Crippen molar-refractivity contribution >= 4 is 11.7 Å². The number of amides is 2. The molecule has 0 spiro atoms. The zero-order valence-electron chi connectivity index (χ0n) is 13.4. The largest absolute Gasteiger partial charge is 0.338 e. The highest BCUT2D eigenvalue weighted by Crippen LogP contribution is 2.09. The Morgan fingerprint density at radius 1 is 0.818 bits per heavy atom. The topological polar surface area (TPSA) is 41.1 Å². The molecule has 0 fully saturated rings. The number of urea groups is 1. The average Bonchev–Trinajstić information content (AvgIpc) is 2.56. The van der Waals surface area contributed by atoms with Crippen LogP contribution < -0.4 is 10.6 Å². The summed E-state index contributed by atoms with van der Waals surface area (Å²) in [6, 6.07) is 16.3. The second kappa shape index (κ2) is 8.23. The molecule has 2 amide bonds. The smallest absolute Gasteiger partial charge is 0.319 e. The third-order valence-electron chi connectivity index (χ3n) is 3.75. The van der Waals surface area contributed by atoms with Gasteiger partial charge in [0.15, 0.2) is 0 Å². The van der Waals surface area contributed by atoms with E-state index in [2.05, 4.69) is 48.7 Å². The van der Waals surface area contributed by atoms with Crippen LogP contribution in [0.2, 0.25) is 0 Å².